The maximum absolute atomic E-state index is 12.7. The largest absolute Gasteiger partial charge is 0.332 e. The minimum atomic E-state index is -0.152. The van der Waals surface area contributed by atoms with Crippen LogP contribution >= 0.6 is 22.9 Å². The summed E-state index contributed by atoms with van der Waals surface area (Å²) in [7, 11) is 3.49. The number of amides is 1. The van der Waals surface area contributed by atoms with E-state index >= 15 is 0 Å². The van der Waals surface area contributed by atoms with E-state index < -0.39 is 0 Å². The first kappa shape index (κ1) is 16.0. The Labute approximate surface area is 133 Å². The third kappa shape index (κ3) is 2.82. The third-order valence-corrected chi connectivity index (χ3v) is 4.94. The van der Waals surface area contributed by atoms with Crippen LogP contribution in [0.3, 0.4) is 0 Å². The summed E-state index contributed by atoms with van der Waals surface area (Å²) in [6, 6.07) is -0.117. The monoisotopic (exact) mass is 326 g/mol. The molecule has 0 unspecified atom stereocenters. The Morgan fingerprint density at radius 2 is 2.00 bits per heavy atom. The van der Waals surface area contributed by atoms with E-state index in [2.05, 4.69) is 10.1 Å². The molecule has 2 rings (SSSR count). The van der Waals surface area contributed by atoms with Gasteiger partial charge in [-0.15, -0.1) is 11.3 Å². The molecule has 0 spiro atoms. The molecule has 0 aromatic carbocycles. The van der Waals surface area contributed by atoms with E-state index in [0.29, 0.717) is 16.4 Å². The Morgan fingerprint density at radius 1 is 1.38 bits per heavy atom. The fourth-order valence-corrected chi connectivity index (χ4v) is 3.47. The zero-order chi connectivity index (χ0) is 15.9. The topological polar surface area (TPSA) is 51.0 Å². The summed E-state index contributed by atoms with van der Waals surface area (Å²) in [6.07, 6.45) is 0. The summed E-state index contributed by atoms with van der Waals surface area (Å²) in [4.78, 5) is 20.0. The summed E-state index contributed by atoms with van der Waals surface area (Å²) < 4.78 is 1.53. The fraction of sp³-hybridized carbons (Fsp3) is 0.500. The van der Waals surface area contributed by atoms with Crippen molar-refractivity contribution in [3.8, 4) is 0 Å². The van der Waals surface area contributed by atoms with Crippen molar-refractivity contribution in [1.29, 1.82) is 0 Å². The van der Waals surface area contributed by atoms with Crippen molar-refractivity contribution in [3.05, 3.63) is 32.0 Å². The van der Waals surface area contributed by atoms with Gasteiger partial charge in [0.05, 0.1) is 27.5 Å². The molecule has 2 aromatic heterocycles. The van der Waals surface area contributed by atoms with Crippen molar-refractivity contribution in [2.45, 2.75) is 33.7 Å². The second kappa shape index (κ2) is 5.77. The zero-order valence-corrected chi connectivity index (χ0v) is 14.6. The number of thiazole rings is 1. The molecule has 0 fully saturated rings. The van der Waals surface area contributed by atoms with Crippen LogP contribution in [-0.2, 0) is 7.05 Å². The number of hydrogen-bond acceptors (Lipinski definition) is 4. The maximum Gasteiger partial charge on any atom is 0.273 e. The second-order valence-electron chi connectivity index (χ2n) is 5.14. The van der Waals surface area contributed by atoms with Gasteiger partial charge < -0.3 is 4.90 Å². The first-order valence-corrected chi connectivity index (χ1v) is 7.83. The van der Waals surface area contributed by atoms with Crippen LogP contribution in [-0.4, -0.2) is 32.6 Å². The van der Waals surface area contributed by atoms with Crippen molar-refractivity contribution in [1.82, 2.24) is 19.7 Å². The first-order chi connectivity index (χ1) is 9.73. The Hall–Kier alpha value is -1.40. The van der Waals surface area contributed by atoms with Gasteiger partial charge in [-0.2, -0.15) is 5.10 Å². The van der Waals surface area contributed by atoms with Crippen LogP contribution < -0.4 is 0 Å². The van der Waals surface area contributed by atoms with E-state index in [-0.39, 0.29) is 11.9 Å². The number of carbonyl (C=O) groups excluding carboxylic acids is 1. The SMILES string of the molecule is Cc1nc([C@H](C)N(C)C(=O)c2c(Cl)c(C)nn2C)c(C)s1. The highest BCUT2D eigenvalue weighted by Gasteiger charge is 2.27. The van der Waals surface area contributed by atoms with E-state index in [1.807, 2.05) is 20.8 Å². The Kier molecular flexibility index (Phi) is 4.39. The molecule has 0 aliphatic carbocycles. The van der Waals surface area contributed by atoms with E-state index in [1.165, 1.54) is 4.68 Å². The van der Waals surface area contributed by atoms with Crippen LogP contribution in [0.25, 0.3) is 0 Å². The van der Waals surface area contributed by atoms with E-state index in [4.69, 9.17) is 11.6 Å². The minimum Gasteiger partial charge on any atom is -0.332 e. The molecule has 0 aliphatic heterocycles. The normalized spacial score (nSPS) is 12.5. The van der Waals surface area contributed by atoms with Crippen LogP contribution in [0, 0.1) is 20.8 Å². The zero-order valence-electron chi connectivity index (χ0n) is 13.1. The molecular weight excluding hydrogens is 308 g/mol. The van der Waals surface area contributed by atoms with Gasteiger partial charge in [0, 0.05) is 19.0 Å². The van der Waals surface area contributed by atoms with Gasteiger partial charge in [-0.1, -0.05) is 11.6 Å². The Balaban J connectivity index is 2.33. The van der Waals surface area contributed by atoms with Crippen LogP contribution in [0.5, 0.6) is 0 Å². The predicted molar refractivity (Wildman–Crippen MR) is 85.1 cm³/mol. The van der Waals surface area contributed by atoms with Crippen LogP contribution in [0.4, 0.5) is 0 Å². The van der Waals surface area contributed by atoms with Gasteiger partial charge in [-0.3, -0.25) is 9.48 Å². The molecule has 1 atom stereocenters. The molecule has 0 saturated carbocycles. The summed E-state index contributed by atoms with van der Waals surface area (Å²) >= 11 is 7.83. The van der Waals surface area contributed by atoms with Gasteiger partial charge in [0.2, 0.25) is 0 Å². The molecule has 2 heterocycles. The molecule has 0 aliphatic rings. The lowest BCUT2D eigenvalue weighted by molar-refractivity contribution is 0.0729. The third-order valence-electron chi connectivity index (χ3n) is 3.59. The number of halogens is 1. The minimum absolute atomic E-state index is 0.117. The Bertz CT molecular complexity index is 691. The average molecular weight is 327 g/mol. The molecule has 0 bridgehead atoms. The number of hydrogen-bond donors (Lipinski definition) is 0. The molecular formula is C14H19ClN4OS. The average Bonchev–Trinajstić information content (AvgIpc) is 2.87. The molecule has 114 valence electrons. The number of rotatable bonds is 3. The first-order valence-electron chi connectivity index (χ1n) is 6.64. The van der Waals surface area contributed by atoms with Crippen molar-refractivity contribution in [2.24, 2.45) is 7.05 Å². The van der Waals surface area contributed by atoms with Crippen LogP contribution in [0.15, 0.2) is 0 Å². The standard InChI is InChI=1S/C14H19ClN4OS/c1-7-11(15)13(19(6)17-7)14(20)18(5)8(2)12-9(3)21-10(4)16-12/h8H,1-6H3/t8-/m0/s1. The highest BCUT2D eigenvalue weighted by molar-refractivity contribution is 7.11. The van der Waals surface area contributed by atoms with Gasteiger partial charge in [0.15, 0.2) is 0 Å². The molecule has 0 N–H and O–H groups in total. The van der Waals surface area contributed by atoms with Crippen molar-refractivity contribution < 1.29 is 4.79 Å². The maximum atomic E-state index is 12.7. The van der Waals surface area contributed by atoms with Gasteiger partial charge in [0.25, 0.3) is 5.91 Å². The highest BCUT2D eigenvalue weighted by atomic mass is 35.5. The van der Waals surface area contributed by atoms with Gasteiger partial charge in [-0.05, 0) is 27.7 Å². The Morgan fingerprint density at radius 3 is 2.43 bits per heavy atom. The molecule has 0 radical (unpaired) electrons. The summed E-state index contributed by atoms with van der Waals surface area (Å²) in [6.45, 7) is 7.75. The van der Waals surface area contributed by atoms with E-state index in [1.54, 1.807) is 37.3 Å². The van der Waals surface area contributed by atoms with Crippen LogP contribution in [0.2, 0.25) is 5.02 Å². The fourth-order valence-electron chi connectivity index (χ4n) is 2.32. The number of aromatic nitrogens is 3. The summed E-state index contributed by atoms with van der Waals surface area (Å²) in [5.41, 5.74) is 2.00. The summed E-state index contributed by atoms with van der Waals surface area (Å²) in [5.74, 6) is -0.152. The molecule has 0 saturated heterocycles. The summed E-state index contributed by atoms with van der Waals surface area (Å²) in [5, 5.41) is 5.61. The quantitative estimate of drug-likeness (QED) is 0.869. The second-order valence-corrected chi connectivity index (χ2v) is 6.92. The molecule has 7 heteroatoms. The lowest BCUT2D eigenvalue weighted by atomic mass is 10.2. The molecule has 1 amide bonds. The predicted octanol–water partition coefficient (Wildman–Crippen LogP) is 3.29. The molecule has 2 aromatic rings. The smallest absolute Gasteiger partial charge is 0.273 e. The van der Waals surface area contributed by atoms with Crippen molar-refractivity contribution in [2.75, 3.05) is 7.05 Å². The number of nitrogens with zero attached hydrogens (tertiary/aromatic N) is 4. The van der Waals surface area contributed by atoms with Gasteiger partial charge >= 0.3 is 0 Å². The van der Waals surface area contributed by atoms with Gasteiger partial charge in [-0.25, -0.2) is 4.98 Å². The van der Waals surface area contributed by atoms with E-state index in [0.717, 1.165) is 15.6 Å². The lowest BCUT2D eigenvalue weighted by Crippen LogP contribution is -2.31. The molecule has 21 heavy (non-hydrogen) atoms. The van der Waals surface area contributed by atoms with Crippen LogP contribution in [0.1, 0.15) is 44.7 Å². The van der Waals surface area contributed by atoms with Crippen molar-refractivity contribution in [3.63, 3.8) is 0 Å². The lowest BCUT2D eigenvalue weighted by Gasteiger charge is -2.24. The highest BCUT2D eigenvalue weighted by Crippen LogP contribution is 2.28. The van der Waals surface area contributed by atoms with E-state index in [9.17, 15) is 4.79 Å². The molecule has 5 nitrogen and oxygen atoms in total. The number of aryl methyl sites for hydroxylation is 4. The number of carbonyl (C=O) groups is 1. The van der Waals surface area contributed by atoms with Gasteiger partial charge in [0.1, 0.15) is 5.69 Å². The van der Waals surface area contributed by atoms with Crippen molar-refractivity contribution >= 4 is 28.8 Å².